The highest BCUT2D eigenvalue weighted by atomic mass is 15.2. The fraction of sp³-hybridized carbons (Fsp3) is 0.400. The van der Waals surface area contributed by atoms with E-state index in [4.69, 9.17) is 0 Å². The third-order valence-electron chi connectivity index (χ3n) is 19.5. The van der Waals surface area contributed by atoms with Crippen LogP contribution in [0.1, 0.15) is 181 Å². The smallest absolute Gasteiger partial charge is 0.252 e. The van der Waals surface area contributed by atoms with Gasteiger partial charge in [0.2, 0.25) is 0 Å². The molecule has 7 aromatic rings. The molecule has 0 radical (unpaired) electrons. The highest BCUT2D eigenvalue weighted by Crippen LogP contribution is 2.58. The topological polar surface area (TPSA) is 9.72 Å². The number of fused-ring (bicyclic) bond motifs is 8. The van der Waals surface area contributed by atoms with Crippen molar-refractivity contribution >= 4 is 74.3 Å². The van der Waals surface area contributed by atoms with Gasteiger partial charge in [-0.05, 0) is 203 Å². The van der Waals surface area contributed by atoms with Crippen LogP contribution in [0.5, 0.6) is 0 Å². The molecule has 2 heterocycles. The van der Waals surface area contributed by atoms with E-state index in [2.05, 4.69) is 259 Å². The summed E-state index contributed by atoms with van der Waals surface area (Å²) in [5.74, 6) is 0. The van der Waals surface area contributed by atoms with Crippen molar-refractivity contribution in [1.29, 1.82) is 0 Å². The first kappa shape index (κ1) is 47.7. The predicted octanol–water partition coefficient (Wildman–Crippen LogP) is 17.1. The van der Waals surface area contributed by atoms with Crippen molar-refractivity contribution in [2.45, 2.75) is 180 Å². The molecule has 0 aromatic heterocycles. The summed E-state index contributed by atoms with van der Waals surface area (Å²) in [4.78, 5) is 7.95. The van der Waals surface area contributed by atoms with E-state index in [9.17, 15) is 0 Å². The molecule has 13 rings (SSSR count). The van der Waals surface area contributed by atoms with E-state index in [1.165, 1.54) is 95.0 Å². The summed E-state index contributed by atoms with van der Waals surface area (Å²) in [5, 5.41) is 0. The molecule has 4 heteroatoms. The lowest BCUT2D eigenvalue weighted by atomic mass is 9.33. The monoisotopic (exact) mass is 972 g/mol. The summed E-state index contributed by atoms with van der Waals surface area (Å²) in [7, 11) is 0. The van der Waals surface area contributed by atoms with Gasteiger partial charge in [-0.15, -0.1) is 0 Å². The van der Waals surface area contributed by atoms with Gasteiger partial charge in [0.25, 0.3) is 6.71 Å². The second-order valence-electron chi connectivity index (χ2n) is 29.2. The molecule has 0 N–H and O–H groups in total. The van der Waals surface area contributed by atoms with Crippen LogP contribution in [0.15, 0.2) is 133 Å². The van der Waals surface area contributed by atoms with Crippen LogP contribution in [0.3, 0.4) is 0 Å². The molecule has 74 heavy (non-hydrogen) atoms. The van der Waals surface area contributed by atoms with Gasteiger partial charge in [-0.1, -0.05) is 171 Å². The Morgan fingerprint density at radius 2 is 0.622 bits per heavy atom. The zero-order chi connectivity index (χ0) is 52.2. The molecule has 0 saturated carbocycles. The van der Waals surface area contributed by atoms with Crippen LogP contribution in [0, 0.1) is 0 Å². The normalized spacial score (nSPS) is 21.3. The Morgan fingerprint density at radius 1 is 0.311 bits per heavy atom. The van der Waals surface area contributed by atoms with E-state index in [1.807, 2.05) is 0 Å². The Kier molecular flexibility index (Phi) is 9.60. The molecule has 0 fully saturated rings. The molecule has 376 valence electrons. The van der Waals surface area contributed by atoms with Gasteiger partial charge >= 0.3 is 0 Å². The van der Waals surface area contributed by atoms with E-state index in [1.54, 1.807) is 0 Å². The fourth-order valence-electron chi connectivity index (χ4n) is 17.4. The fourth-order valence-corrected chi connectivity index (χ4v) is 17.4. The lowest BCUT2D eigenvalue weighted by molar-refractivity contribution is 0.402. The number of benzene rings is 7. The maximum absolute atomic E-state index is 2.73. The van der Waals surface area contributed by atoms with Gasteiger partial charge in [0.1, 0.15) is 0 Å². The van der Waals surface area contributed by atoms with Crippen molar-refractivity contribution in [2.75, 3.05) is 14.7 Å². The molecular formula is C70H78BN3. The second kappa shape index (κ2) is 14.9. The van der Waals surface area contributed by atoms with Crippen molar-refractivity contribution in [2.24, 2.45) is 0 Å². The first-order valence-electron chi connectivity index (χ1n) is 28.0. The first-order valence-corrected chi connectivity index (χ1v) is 28.0. The van der Waals surface area contributed by atoms with Crippen molar-refractivity contribution < 1.29 is 0 Å². The summed E-state index contributed by atoms with van der Waals surface area (Å²) < 4.78 is 0. The maximum Gasteiger partial charge on any atom is 0.252 e. The average molecular weight is 972 g/mol. The summed E-state index contributed by atoms with van der Waals surface area (Å²) in [6.07, 6.45) is 4.48. The summed E-state index contributed by atoms with van der Waals surface area (Å²) >= 11 is 0. The minimum absolute atomic E-state index is 0.00215. The molecule has 7 aromatic carbocycles. The first-order chi connectivity index (χ1) is 34.6. The molecule has 0 unspecified atom stereocenters. The molecule has 0 spiro atoms. The molecule has 0 amide bonds. The number of hydrogen-bond acceptors (Lipinski definition) is 3. The molecule has 3 nitrogen and oxygen atoms in total. The number of hydrogen-bond donors (Lipinski definition) is 0. The van der Waals surface area contributed by atoms with Gasteiger partial charge in [-0.2, -0.15) is 0 Å². The van der Waals surface area contributed by atoms with E-state index < -0.39 is 0 Å². The number of rotatable bonds is 5. The van der Waals surface area contributed by atoms with Crippen LogP contribution in [-0.2, 0) is 43.3 Å². The summed E-state index contributed by atoms with van der Waals surface area (Å²) in [6.45, 7) is 39.6. The average Bonchev–Trinajstić information content (AvgIpc) is 3.85. The van der Waals surface area contributed by atoms with Gasteiger partial charge in [0.15, 0.2) is 0 Å². The number of anilines is 9. The van der Waals surface area contributed by atoms with Crippen LogP contribution in [-0.4, -0.2) is 6.71 Å². The SMILES string of the molecule is CC1(C)CC(C)(C)c2cc(N3c4cc5c(cc4B4c6cc7c(cc6N(c6ccc8c(c6)C(C)(C)CC8(C)C)c6cc(N(c8ccccc8)c8ccccc8)cc3c64)C(C)(C)CC7(C)C)C(C)(C)CC5(C)C)ccc21. The minimum atomic E-state index is -0.00215. The number of para-hydroxylation sites is 2. The Hall–Kier alpha value is -6.00. The van der Waals surface area contributed by atoms with Gasteiger partial charge < -0.3 is 14.7 Å². The molecule has 2 aliphatic heterocycles. The van der Waals surface area contributed by atoms with Crippen molar-refractivity contribution in [3.05, 3.63) is 178 Å². The highest BCUT2D eigenvalue weighted by Gasteiger charge is 2.52. The Labute approximate surface area is 444 Å². The molecule has 6 aliphatic rings. The molecule has 4 aliphatic carbocycles. The third-order valence-corrected chi connectivity index (χ3v) is 19.5. The van der Waals surface area contributed by atoms with Crippen molar-refractivity contribution in [3.63, 3.8) is 0 Å². The third kappa shape index (κ3) is 6.70. The van der Waals surface area contributed by atoms with Crippen LogP contribution >= 0.6 is 0 Å². The van der Waals surface area contributed by atoms with Gasteiger partial charge in [-0.25, -0.2) is 0 Å². The molecule has 0 saturated heterocycles. The van der Waals surface area contributed by atoms with Crippen molar-refractivity contribution in [3.8, 4) is 0 Å². The van der Waals surface area contributed by atoms with Crippen LogP contribution in [0.2, 0.25) is 0 Å². The van der Waals surface area contributed by atoms with Gasteiger partial charge in [0.05, 0.1) is 5.69 Å². The lowest BCUT2D eigenvalue weighted by Gasteiger charge is -2.46. The molecular weight excluding hydrogens is 894 g/mol. The van der Waals surface area contributed by atoms with Crippen molar-refractivity contribution in [1.82, 2.24) is 0 Å². The quantitative estimate of drug-likeness (QED) is 0.159. The van der Waals surface area contributed by atoms with Gasteiger partial charge in [0, 0.05) is 45.5 Å². The maximum atomic E-state index is 2.73. The summed E-state index contributed by atoms with van der Waals surface area (Å²) in [5.41, 5.74) is 27.5. The minimum Gasteiger partial charge on any atom is -0.311 e. The summed E-state index contributed by atoms with van der Waals surface area (Å²) in [6, 6.07) is 53.1. The van der Waals surface area contributed by atoms with E-state index in [0.717, 1.165) is 42.7 Å². The zero-order valence-electron chi connectivity index (χ0n) is 47.4. The molecule has 0 bridgehead atoms. The lowest BCUT2D eigenvalue weighted by Crippen LogP contribution is -2.62. The standard InChI is InChI=1S/C70H78BN3/c1-63(2)39-65(5,6)50-31-45(27-29-48(50)63)73-58-37-54-52(67(9,10)41-69(54,13)14)35-56(58)71-57-36-53-55(70(15,16)42-68(53,11)12)38-59(57)74(46-28-30-49-51(32-46)66(7,8)40-64(49,3)4)61-34-47(33-60(73)62(61)71)72(43-23-19-17-20-24-43)44-25-21-18-22-26-44/h17-38H,39-42H2,1-16H3. The van der Waals surface area contributed by atoms with Crippen LogP contribution in [0.25, 0.3) is 0 Å². The largest absolute Gasteiger partial charge is 0.311 e. The second-order valence-corrected chi connectivity index (χ2v) is 29.2. The Bertz CT molecular complexity index is 3300. The highest BCUT2D eigenvalue weighted by molar-refractivity contribution is 7.00. The van der Waals surface area contributed by atoms with E-state index >= 15 is 0 Å². The predicted molar refractivity (Wildman–Crippen MR) is 318 cm³/mol. The van der Waals surface area contributed by atoms with Crippen LogP contribution < -0.4 is 31.1 Å². The zero-order valence-corrected chi connectivity index (χ0v) is 47.4. The van der Waals surface area contributed by atoms with Gasteiger partial charge in [-0.3, -0.25) is 0 Å². The number of nitrogens with zero attached hydrogens (tertiary/aromatic N) is 3. The van der Waals surface area contributed by atoms with E-state index in [0.29, 0.717) is 0 Å². The van der Waals surface area contributed by atoms with Crippen LogP contribution in [0.4, 0.5) is 51.2 Å². The van der Waals surface area contributed by atoms with E-state index in [-0.39, 0.29) is 50.0 Å². The molecule has 0 atom stereocenters. The Balaban J connectivity index is 1.20. The Morgan fingerprint density at radius 3 is 0.973 bits per heavy atom.